The lowest BCUT2D eigenvalue weighted by Gasteiger charge is -2.13. The summed E-state index contributed by atoms with van der Waals surface area (Å²) in [6, 6.07) is 4.63. The highest BCUT2D eigenvalue weighted by Crippen LogP contribution is 2.31. The van der Waals surface area contributed by atoms with Gasteiger partial charge >= 0.3 is 0 Å². The molecular formula is C14H17FN2OS. The molecule has 0 fully saturated rings. The summed E-state index contributed by atoms with van der Waals surface area (Å²) in [5.74, 6) is -0.0328. The third-order valence-corrected chi connectivity index (χ3v) is 4.34. The fraction of sp³-hybridized carbons (Fsp3) is 0.429. The number of carbonyl (C=O) groups is 1. The second kappa shape index (κ2) is 5.65. The number of carbonyl (C=O) groups excluding carboxylic acids is 1. The molecule has 0 aliphatic rings. The Morgan fingerprint density at radius 2 is 2.21 bits per heavy atom. The minimum Gasteiger partial charge on any atom is -0.370 e. The van der Waals surface area contributed by atoms with Gasteiger partial charge in [-0.05, 0) is 30.5 Å². The molecule has 19 heavy (non-hydrogen) atoms. The van der Waals surface area contributed by atoms with Gasteiger partial charge in [0.15, 0.2) is 0 Å². The first-order chi connectivity index (χ1) is 8.95. The van der Waals surface area contributed by atoms with Crippen LogP contribution in [-0.2, 0) is 4.79 Å². The number of primary amides is 1. The Balaban J connectivity index is 2.12. The Morgan fingerprint density at radius 3 is 2.89 bits per heavy atom. The van der Waals surface area contributed by atoms with E-state index in [-0.39, 0.29) is 23.6 Å². The predicted molar refractivity (Wildman–Crippen MR) is 75.6 cm³/mol. The van der Waals surface area contributed by atoms with Crippen molar-refractivity contribution >= 4 is 27.5 Å². The number of rotatable bonds is 5. The summed E-state index contributed by atoms with van der Waals surface area (Å²) in [5, 5.41) is 0.983. The number of amides is 1. The van der Waals surface area contributed by atoms with E-state index in [0.717, 1.165) is 21.6 Å². The molecule has 3 nitrogen and oxygen atoms in total. The summed E-state index contributed by atoms with van der Waals surface area (Å²) in [4.78, 5) is 15.4. The first-order valence-electron chi connectivity index (χ1n) is 6.30. The standard InChI is InChI=1S/C14H17FN2OS/c1-8(6-13(16)18)5-9(2)14-17-11-4-3-10(15)7-12(11)19-14/h3-4,7-9H,5-6H2,1-2H3,(H2,16,18)/t8-,9+/m0/s1. The van der Waals surface area contributed by atoms with E-state index in [1.54, 1.807) is 6.07 Å². The number of benzene rings is 1. The average molecular weight is 280 g/mol. The summed E-state index contributed by atoms with van der Waals surface area (Å²) in [6.07, 6.45) is 1.25. The number of nitrogens with zero attached hydrogens (tertiary/aromatic N) is 1. The molecule has 0 aliphatic carbocycles. The van der Waals surface area contributed by atoms with Crippen molar-refractivity contribution < 1.29 is 9.18 Å². The maximum atomic E-state index is 13.1. The number of nitrogens with two attached hydrogens (primary N) is 1. The summed E-state index contributed by atoms with van der Waals surface area (Å²) in [5.41, 5.74) is 6.02. The molecule has 0 saturated heterocycles. The van der Waals surface area contributed by atoms with E-state index in [2.05, 4.69) is 11.9 Å². The van der Waals surface area contributed by atoms with Crippen LogP contribution in [0.2, 0.25) is 0 Å². The van der Waals surface area contributed by atoms with Crippen LogP contribution in [0.5, 0.6) is 0 Å². The molecule has 2 atom stereocenters. The molecule has 1 aromatic heterocycles. The molecule has 5 heteroatoms. The fourth-order valence-electron chi connectivity index (χ4n) is 2.26. The third-order valence-electron chi connectivity index (χ3n) is 3.09. The zero-order chi connectivity index (χ0) is 14.0. The molecule has 1 heterocycles. The van der Waals surface area contributed by atoms with Crippen LogP contribution in [0.3, 0.4) is 0 Å². The number of halogens is 1. The molecule has 0 unspecified atom stereocenters. The summed E-state index contributed by atoms with van der Waals surface area (Å²) < 4.78 is 14.0. The lowest BCUT2D eigenvalue weighted by molar-refractivity contribution is -0.118. The molecule has 0 saturated carbocycles. The van der Waals surface area contributed by atoms with E-state index < -0.39 is 0 Å². The SMILES string of the molecule is C[C@H](CC(N)=O)C[C@@H](C)c1nc2ccc(F)cc2s1. The average Bonchev–Trinajstić information content (AvgIpc) is 2.70. The number of aromatic nitrogens is 1. The molecule has 0 bridgehead atoms. The Kier molecular flexibility index (Phi) is 4.14. The number of fused-ring (bicyclic) bond motifs is 1. The molecule has 2 rings (SSSR count). The monoisotopic (exact) mass is 280 g/mol. The predicted octanol–water partition coefficient (Wildman–Crippen LogP) is 3.44. The van der Waals surface area contributed by atoms with Crippen LogP contribution in [0.15, 0.2) is 18.2 Å². The van der Waals surface area contributed by atoms with Crippen LogP contribution in [0.1, 0.15) is 37.6 Å². The minimum atomic E-state index is -0.272. The molecule has 0 spiro atoms. The van der Waals surface area contributed by atoms with Crippen molar-refractivity contribution in [1.29, 1.82) is 0 Å². The topological polar surface area (TPSA) is 56.0 Å². The van der Waals surface area contributed by atoms with E-state index in [4.69, 9.17) is 5.73 Å². The second-order valence-electron chi connectivity index (χ2n) is 5.08. The van der Waals surface area contributed by atoms with E-state index in [1.807, 2.05) is 6.92 Å². The first-order valence-corrected chi connectivity index (χ1v) is 7.11. The molecule has 102 valence electrons. The molecule has 1 amide bonds. The van der Waals surface area contributed by atoms with E-state index in [1.165, 1.54) is 23.5 Å². The van der Waals surface area contributed by atoms with Gasteiger partial charge in [0.25, 0.3) is 0 Å². The molecule has 0 aliphatic heterocycles. The van der Waals surface area contributed by atoms with Gasteiger partial charge in [-0.2, -0.15) is 0 Å². The zero-order valence-corrected chi connectivity index (χ0v) is 11.8. The fourth-order valence-corrected chi connectivity index (χ4v) is 3.31. The van der Waals surface area contributed by atoms with Crippen LogP contribution in [0, 0.1) is 11.7 Å². The normalized spacial score (nSPS) is 14.5. The van der Waals surface area contributed by atoms with Crippen molar-refractivity contribution in [2.24, 2.45) is 11.7 Å². The largest absolute Gasteiger partial charge is 0.370 e. The summed E-state index contributed by atoms with van der Waals surface area (Å²) in [6.45, 7) is 4.08. The van der Waals surface area contributed by atoms with E-state index in [0.29, 0.717) is 6.42 Å². The molecule has 0 radical (unpaired) electrons. The van der Waals surface area contributed by atoms with Crippen molar-refractivity contribution in [1.82, 2.24) is 4.98 Å². The maximum Gasteiger partial charge on any atom is 0.217 e. The second-order valence-corrected chi connectivity index (χ2v) is 6.14. The highest BCUT2D eigenvalue weighted by molar-refractivity contribution is 7.18. The Hall–Kier alpha value is -1.49. The van der Waals surface area contributed by atoms with E-state index in [9.17, 15) is 9.18 Å². The lowest BCUT2D eigenvalue weighted by atomic mass is 9.95. The third kappa shape index (κ3) is 3.50. The van der Waals surface area contributed by atoms with Gasteiger partial charge in [-0.25, -0.2) is 9.37 Å². The van der Waals surface area contributed by atoms with Crippen LogP contribution in [0.4, 0.5) is 4.39 Å². The maximum absolute atomic E-state index is 13.1. The summed E-state index contributed by atoms with van der Waals surface area (Å²) >= 11 is 1.51. The van der Waals surface area contributed by atoms with Crippen molar-refractivity contribution in [3.63, 3.8) is 0 Å². The molecule has 2 aromatic rings. The van der Waals surface area contributed by atoms with E-state index >= 15 is 0 Å². The van der Waals surface area contributed by atoms with Gasteiger partial charge in [0.1, 0.15) is 5.82 Å². The van der Waals surface area contributed by atoms with Gasteiger partial charge in [-0.3, -0.25) is 4.79 Å². The van der Waals surface area contributed by atoms with Gasteiger partial charge in [0.2, 0.25) is 5.91 Å². The lowest BCUT2D eigenvalue weighted by Crippen LogP contribution is -2.15. The smallest absolute Gasteiger partial charge is 0.217 e. The zero-order valence-electron chi connectivity index (χ0n) is 11.0. The van der Waals surface area contributed by atoms with Crippen molar-refractivity contribution in [2.75, 3.05) is 0 Å². The van der Waals surface area contributed by atoms with Crippen LogP contribution in [-0.4, -0.2) is 10.9 Å². The Morgan fingerprint density at radius 1 is 1.47 bits per heavy atom. The quantitative estimate of drug-likeness (QED) is 0.912. The van der Waals surface area contributed by atoms with Gasteiger partial charge < -0.3 is 5.73 Å². The van der Waals surface area contributed by atoms with Crippen molar-refractivity contribution in [2.45, 2.75) is 32.6 Å². The van der Waals surface area contributed by atoms with Crippen LogP contribution >= 0.6 is 11.3 Å². The number of thiazole rings is 1. The molecule has 2 N–H and O–H groups in total. The van der Waals surface area contributed by atoms with Crippen molar-refractivity contribution in [3.8, 4) is 0 Å². The molecule has 1 aromatic carbocycles. The van der Waals surface area contributed by atoms with Crippen LogP contribution < -0.4 is 5.73 Å². The Labute approximate surface area is 115 Å². The number of hydrogen-bond donors (Lipinski definition) is 1. The Bertz CT molecular complexity index is 596. The van der Waals surface area contributed by atoms with Gasteiger partial charge in [0, 0.05) is 12.3 Å². The highest BCUT2D eigenvalue weighted by Gasteiger charge is 2.16. The van der Waals surface area contributed by atoms with Crippen LogP contribution in [0.25, 0.3) is 10.2 Å². The first kappa shape index (κ1) is 13.9. The minimum absolute atomic E-state index is 0.233. The highest BCUT2D eigenvalue weighted by atomic mass is 32.1. The molecular weight excluding hydrogens is 263 g/mol. The van der Waals surface area contributed by atoms with Gasteiger partial charge in [-0.15, -0.1) is 11.3 Å². The van der Waals surface area contributed by atoms with Gasteiger partial charge in [0.05, 0.1) is 15.2 Å². The number of hydrogen-bond acceptors (Lipinski definition) is 3. The van der Waals surface area contributed by atoms with Crippen molar-refractivity contribution in [3.05, 3.63) is 29.0 Å². The van der Waals surface area contributed by atoms with Gasteiger partial charge in [-0.1, -0.05) is 13.8 Å². The summed E-state index contributed by atoms with van der Waals surface area (Å²) in [7, 11) is 0.